The van der Waals surface area contributed by atoms with Gasteiger partial charge in [0.1, 0.15) is 5.75 Å². The molecule has 5 nitrogen and oxygen atoms in total. The minimum Gasteiger partial charge on any atom is -0.495 e. The van der Waals surface area contributed by atoms with E-state index in [1.807, 2.05) is 0 Å². The van der Waals surface area contributed by atoms with Gasteiger partial charge in [-0.2, -0.15) is 0 Å². The van der Waals surface area contributed by atoms with Crippen molar-refractivity contribution < 1.29 is 14.6 Å². The van der Waals surface area contributed by atoms with E-state index in [2.05, 4.69) is 5.32 Å². The van der Waals surface area contributed by atoms with Crippen molar-refractivity contribution in [3.63, 3.8) is 0 Å². The molecule has 94 valence electrons. The van der Waals surface area contributed by atoms with E-state index in [1.165, 1.54) is 7.11 Å². The molecule has 0 fully saturated rings. The van der Waals surface area contributed by atoms with Crippen LogP contribution >= 0.6 is 0 Å². The molecule has 0 aliphatic heterocycles. The standard InChI is InChI=1S/C12H18N2O3/c1-8(15)6-14-7-11(16)9-3-4-12(17-2)10(13)5-9/h3-5,8,14-15H,6-7,13H2,1-2H3. The summed E-state index contributed by atoms with van der Waals surface area (Å²) in [4.78, 5) is 11.7. The van der Waals surface area contributed by atoms with Crippen molar-refractivity contribution in [2.75, 3.05) is 25.9 Å². The lowest BCUT2D eigenvalue weighted by molar-refractivity contribution is 0.0985. The second-order valence-electron chi connectivity index (χ2n) is 3.86. The molecule has 0 bridgehead atoms. The zero-order chi connectivity index (χ0) is 12.8. The van der Waals surface area contributed by atoms with Crippen LogP contribution in [0.1, 0.15) is 17.3 Å². The maximum atomic E-state index is 11.7. The van der Waals surface area contributed by atoms with E-state index in [0.717, 1.165) is 0 Å². The Morgan fingerprint density at radius 2 is 2.29 bits per heavy atom. The molecule has 5 heteroatoms. The quantitative estimate of drug-likeness (QED) is 0.494. The average Bonchev–Trinajstić information content (AvgIpc) is 2.28. The van der Waals surface area contributed by atoms with Crippen LogP contribution in [-0.2, 0) is 0 Å². The maximum absolute atomic E-state index is 11.7. The molecule has 1 atom stereocenters. The van der Waals surface area contributed by atoms with Crippen LogP contribution in [0.25, 0.3) is 0 Å². The minimum atomic E-state index is -0.469. The molecule has 0 aliphatic rings. The van der Waals surface area contributed by atoms with Gasteiger partial charge in [0.2, 0.25) is 0 Å². The van der Waals surface area contributed by atoms with E-state index in [4.69, 9.17) is 15.6 Å². The van der Waals surface area contributed by atoms with E-state index >= 15 is 0 Å². The van der Waals surface area contributed by atoms with Gasteiger partial charge in [-0.05, 0) is 25.1 Å². The van der Waals surface area contributed by atoms with Gasteiger partial charge in [0.05, 0.1) is 25.4 Å². The first kappa shape index (κ1) is 13.5. The van der Waals surface area contributed by atoms with Gasteiger partial charge in [-0.1, -0.05) is 0 Å². The Labute approximate surface area is 101 Å². The molecule has 0 saturated heterocycles. The Morgan fingerprint density at radius 1 is 1.59 bits per heavy atom. The third kappa shape index (κ3) is 4.05. The molecule has 0 amide bonds. The van der Waals surface area contributed by atoms with Gasteiger partial charge < -0.3 is 20.9 Å². The Kier molecular flexibility index (Phi) is 4.93. The molecule has 0 aliphatic carbocycles. The summed E-state index contributed by atoms with van der Waals surface area (Å²) in [7, 11) is 1.53. The number of rotatable bonds is 6. The Morgan fingerprint density at radius 3 is 2.82 bits per heavy atom. The highest BCUT2D eigenvalue weighted by Gasteiger charge is 2.08. The second kappa shape index (κ2) is 6.22. The predicted molar refractivity (Wildman–Crippen MR) is 66.3 cm³/mol. The maximum Gasteiger partial charge on any atom is 0.176 e. The number of ether oxygens (including phenoxy) is 1. The van der Waals surface area contributed by atoms with Gasteiger partial charge in [-0.25, -0.2) is 0 Å². The summed E-state index contributed by atoms with van der Waals surface area (Å²) in [5.74, 6) is 0.485. The first-order valence-corrected chi connectivity index (χ1v) is 5.40. The van der Waals surface area contributed by atoms with Crippen LogP contribution in [-0.4, -0.2) is 37.2 Å². The summed E-state index contributed by atoms with van der Waals surface area (Å²) < 4.78 is 5.01. The topological polar surface area (TPSA) is 84.6 Å². The summed E-state index contributed by atoms with van der Waals surface area (Å²) in [5.41, 5.74) is 6.68. The zero-order valence-corrected chi connectivity index (χ0v) is 10.1. The Balaban J connectivity index is 2.60. The molecule has 0 aromatic heterocycles. The summed E-state index contributed by atoms with van der Waals surface area (Å²) >= 11 is 0. The highest BCUT2D eigenvalue weighted by Crippen LogP contribution is 2.21. The number of nitrogens with one attached hydrogen (secondary N) is 1. The van der Waals surface area contributed by atoms with Crippen molar-refractivity contribution in [1.82, 2.24) is 5.32 Å². The normalized spacial score (nSPS) is 12.2. The van der Waals surface area contributed by atoms with Crippen LogP contribution < -0.4 is 15.8 Å². The number of Topliss-reactive ketones (excluding diaryl/α,β-unsaturated/α-hetero) is 1. The number of nitrogens with two attached hydrogens (primary N) is 1. The fourth-order valence-corrected chi connectivity index (χ4v) is 1.40. The SMILES string of the molecule is COc1ccc(C(=O)CNCC(C)O)cc1N. The van der Waals surface area contributed by atoms with Crippen molar-refractivity contribution in [2.24, 2.45) is 0 Å². The summed E-state index contributed by atoms with van der Waals surface area (Å²) in [6.07, 6.45) is -0.469. The lowest BCUT2D eigenvalue weighted by Gasteiger charge is -2.08. The predicted octanol–water partition coefficient (Wildman–Crippen LogP) is 0.430. The largest absolute Gasteiger partial charge is 0.495 e. The van der Waals surface area contributed by atoms with Crippen molar-refractivity contribution >= 4 is 11.5 Å². The Bertz CT molecular complexity index is 391. The number of aliphatic hydroxyl groups excluding tert-OH is 1. The molecular formula is C12H18N2O3. The van der Waals surface area contributed by atoms with Crippen LogP contribution in [0, 0.1) is 0 Å². The number of nitrogen functional groups attached to an aromatic ring is 1. The molecule has 1 unspecified atom stereocenters. The summed E-state index contributed by atoms with van der Waals surface area (Å²) in [6.45, 7) is 2.22. The molecule has 1 aromatic rings. The molecular weight excluding hydrogens is 220 g/mol. The van der Waals surface area contributed by atoms with Crippen molar-refractivity contribution in [2.45, 2.75) is 13.0 Å². The molecule has 0 radical (unpaired) electrons. The monoisotopic (exact) mass is 238 g/mol. The van der Waals surface area contributed by atoms with E-state index in [0.29, 0.717) is 23.5 Å². The van der Waals surface area contributed by atoms with Gasteiger partial charge in [0, 0.05) is 12.1 Å². The van der Waals surface area contributed by atoms with Crippen LogP contribution in [0.5, 0.6) is 5.75 Å². The number of anilines is 1. The fourth-order valence-electron chi connectivity index (χ4n) is 1.40. The van der Waals surface area contributed by atoms with Crippen molar-refractivity contribution in [1.29, 1.82) is 0 Å². The smallest absolute Gasteiger partial charge is 0.176 e. The number of hydrogen-bond donors (Lipinski definition) is 3. The van der Waals surface area contributed by atoms with Crippen molar-refractivity contribution in [3.8, 4) is 5.75 Å². The lowest BCUT2D eigenvalue weighted by atomic mass is 10.1. The third-order valence-electron chi connectivity index (χ3n) is 2.28. The van der Waals surface area contributed by atoms with Gasteiger partial charge in [0.15, 0.2) is 5.78 Å². The number of hydrogen-bond acceptors (Lipinski definition) is 5. The third-order valence-corrected chi connectivity index (χ3v) is 2.28. The van der Waals surface area contributed by atoms with E-state index < -0.39 is 6.10 Å². The molecule has 4 N–H and O–H groups in total. The number of ketones is 1. The highest BCUT2D eigenvalue weighted by molar-refractivity contribution is 5.98. The van der Waals surface area contributed by atoms with Crippen LogP contribution in [0.2, 0.25) is 0 Å². The van der Waals surface area contributed by atoms with Gasteiger partial charge in [-0.3, -0.25) is 4.79 Å². The fraction of sp³-hybridized carbons (Fsp3) is 0.417. The molecule has 0 heterocycles. The minimum absolute atomic E-state index is 0.0694. The summed E-state index contributed by atoms with van der Waals surface area (Å²) in [6, 6.07) is 4.92. The van der Waals surface area contributed by atoms with Gasteiger partial charge in [-0.15, -0.1) is 0 Å². The second-order valence-corrected chi connectivity index (χ2v) is 3.86. The van der Waals surface area contributed by atoms with Crippen LogP contribution in [0.15, 0.2) is 18.2 Å². The summed E-state index contributed by atoms with van der Waals surface area (Å²) in [5, 5.41) is 11.9. The van der Waals surface area contributed by atoms with Crippen LogP contribution in [0.3, 0.4) is 0 Å². The number of carbonyl (C=O) groups excluding carboxylic acids is 1. The first-order valence-electron chi connectivity index (χ1n) is 5.40. The highest BCUT2D eigenvalue weighted by atomic mass is 16.5. The number of carbonyl (C=O) groups is 1. The van der Waals surface area contributed by atoms with Gasteiger partial charge >= 0.3 is 0 Å². The number of benzene rings is 1. The molecule has 1 rings (SSSR count). The molecule has 17 heavy (non-hydrogen) atoms. The zero-order valence-electron chi connectivity index (χ0n) is 10.1. The average molecular weight is 238 g/mol. The first-order chi connectivity index (χ1) is 8.04. The number of methoxy groups -OCH3 is 1. The van der Waals surface area contributed by atoms with Gasteiger partial charge in [0.25, 0.3) is 0 Å². The molecule has 0 saturated carbocycles. The lowest BCUT2D eigenvalue weighted by Crippen LogP contribution is -2.29. The van der Waals surface area contributed by atoms with Crippen molar-refractivity contribution in [3.05, 3.63) is 23.8 Å². The molecule has 1 aromatic carbocycles. The molecule has 0 spiro atoms. The Hall–Kier alpha value is -1.59. The van der Waals surface area contributed by atoms with E-state index in [9.17, 15) is 4.79 Å². The van der Waals surface area contributed by atoms with E-state index in [1.54, 1.807) is 25.1 Å². The number of aliphatic hydroxyl groups is 1. The van der Waals surface area contributed by atoms with E-state index in [-0.39, 0.29) is 12.3 Å². The van der Waals surface area contributed by atoms with Crippen LogP contribution in [0.4, 0.5) is 5.69 Å².